The smallest absolute Gasteiger partial charge is 0.240 e. The summed E-state index contributed by atoms with van der Waals surface area (Å²) in [4.78, 5) is 28.0. The van der Waals surface area contributed by atoms with E-state index in [0.29, 0.717) is 17.1 Å². The number of benzene rings is 2. The van der Waals surface area contributed by atoms with Gasteiger partial charge in [-0.2, -0.15) is 5.10 Å². The molecule has 2 aromatic carbocycles. The number of hydrogen-bond acceptors (Lipinski definition) is 4. The number of nitrogens with one attached hydrogen (secondary N) is 1. The Balaban J connectivity index is 1.78. The Bertz CT molecular complexity index is 1380. The third-order valence-electron chi connectivity index (χ3n) is 6.63. The number of thioether (sulfide) groups is 1. The highest BCUT2D eigenvalue weighted by atomic mass is 32.2. The highest BCUT2D eigenvalue weighted by Gasteiger charge is 2.41. The summed E-state index contributed by atoms with van der Waals surface area (Å²) in [5, 5.41) is 7.35. The second-order valence-corrected chi connectivity index (χ2v) is 11.8. The molecule has 3 aromatic rings. The van der Waals surface area contributed by atoms with Crippen LogP contribution >= 0.6 is 11.8 Å². The zero-order valence-corrected chi connectivity index (χ0v) is 22.2. The fraction of sp³-hybridized carbons (Fsp3) is 0.393. The van der Waals surface area contributed by atoms with Gasteiger partial charge in [-0.05, 0) is 37.5 Å². The summed E-state index contributed by atoms with van der Waals surface area (Å²) in [5.74, 6) is -1.37. The van der Waals surface area contributed by atoms with Gasteiger partial charge >= 0.3 is 0 Å². The van der Waals surface area contributed by atoms with Crippen LogP contribution in [0.3, 0.4) is 0 Å². The summed E-state index contributed by atoms with van der Waals surface area (Å²) in [6.45, 7) is 7.82. The van der Waals surface area contributed by atoms with E-state index < -0.39 is 22.3 Å². The minimum Gasteiger partial charge on any atom is -0.352 e. The molecule has 194 valence electrons. The molecular weight excluding hydrogens is 494 g/mol. The molecule has 5 rings (SSSR count). The number of hydrogen-bond donors (Lipinski definition) is 1. The van der Waals surface area contributed by atoms with Crippen molar-refractivity contribution >= 4 is 29.4 Å². The van der Waals surface area contributed by atoms with Crippen LogP contribution in [-0.4, -0.2) is 39.9 Å². The van der Waals surface area contributed by atoms with Gasteiger partial charge in [-0.1, -0.05) is 45.0 Å². The topological polar surface area (TPSA) is 67.2 Å². The van der Waals surface area contributed by atoms with Crippen molar-refractivity contribution in [3.63, 3.8) is 0 Å². The molecule has 1 aromatic heterocycles. The highest BCUT2D eigenvalue weighted by molar-refractivity contribution is 8.00. The van der Waals surface area contributed by atoms with Gasteiger partial charge in [0.05, 0.1) is 22.4 Å². The van der Waals surface area contributed by atoms with Crippen molar-refractivity contribution in [1.82, 2.24) is 15.1 Å². The molecule has 1 fully saturated rings. The number of amides is 2. The number of aromatic nitrogens is 2. The number of nitrogens with zero attached hydrogens (tertiary/aromatic N) is 3. The molecule has 0 saturated heterocycles. The molecule has 2 aliphatic rings. The second-order valence-electron chi connectivity index (χ2n) is 10.7. The minimum absolute atomic E-state index is 0.0320. The van der Waals surface area contributed by atoms with Crippen molar-refractivity contribution in [2.75, 3.05) is 17.2 Å². The zero-order valence-electron chi connectivity index (χ0n) is 21.3. The van der Waals surface area contributed by atoms with Gasteiger partial charge in [0.15, 0.2) is 0 Å². The maximum atomic E-state index is 15.2. The molecule has 0 radical (unpaired) electrons. The molecule has 0 bridgehead atoms. The Labute approximate surface area is 219 Å². The molecule has 9 heteroatoms. The first-order valence-electron chi connectivity index (χ1n) is 12.4. The number of carbonyl (C=O) groups excluding carboxylic acids is 2. The summed E-state index contributed by atoms with van der Waals surface area (Å²) in [7, 11) is 0. The molecule has 37 heavy (non-hydrogen) atoms. The number of rotatable bonds is 5. The fourth-order valence-electron chi connectivity index (χ4n) is 4.65. The van der Waals surface area contributed by atoms with Crippen LogP contribution in [0, 0.1) is 18.6 Å². The number of halogens is 2. The Kier molecular flexibility index (Phi) is 6.60. The lowest BCUT2D eigenvalue weighted by atomic mass is 9.87. The first kappa shape index (κ1) is 25.4. The van der Waals surface area contributed by atoms with Crippen molar-refractivity contribution in [3.05, 3.63) is 76.5 Å². The van der Waals surface area contributed by atoms with Gasteiger partial charge in [0, 0.05) is 28.7 Å². The molecule has 1 atom stereocenters. The van der Waals surface area contributed by atoms with Crippen molar-refractivity contribution in [2.45, 2.75) is 57.2 Å². The summed E-state index contributed by atoms with van der Waals surface area (Å²) in [6.07, 6.45) is 1.87. The van der Waals surface area contributed by atoms with E-state index >= 15 is 4.39 Å². The number of anilines is 1. The summed E-state index contributed by atoms with van der Waals surface area (Å²) < 4.78 is 30.7. The quantitative estimate of drug-likeness (QED) is 0.498. The summed E-state index contributed by atoms with van der Waals surface area (Å²) in [6, 6.07) is 11.4. The molecule has 2 heterocycles. The van der Waals surface area contributed by atoms with E-state index in [4.69, 9.17) is 5.10 Å². The lowest BCUT2D eigenvalue weighted by Gasteiger charge is -2.25. The van der Waals surface area contributed by atoms with E-state index in [1.165, 1.54) is 28.8 Å². The van der Waals surface area contributed by atoms with E-state index in [0.717, 1.165) is 30.2 Å². The van der Waals surface area contributed by atoms with E-state index in [2.05, 4.69) is 5.32 Å². The van der Waals surface area contributed by atoms with Crippen LogP contribution in [0.4, 0.5) is 14.6 Å². The number of fused-ring (bicyclic) bond motifs is 1. The van der Waals surface area contributed by atoms with Gasteiger partial charge in [0.25, 0.3) is 0 Å². The number of carbonyl (C=O) groups is 2. The first-order valence-corrected chi connectivity index (χ1v) is 13.4. The second kappa shape index (κ2) is 9.59. The van der Waals surface area contributed by atoms with E-state index in [1.54, 1.807) is 4.68 Å². The maximum absolute atomic E-state index is 15.2. The van der Waals surface area contributed by atoms with E-state index in [1.807, 2.05) is 52.0 Å². The first-order chi connectivity index (χ1) is 17.5. The van der Waals surface area contributed by atoms with Crippen molar-refractivity contribution in [2.24, 2.45) is 0 Å². The summed E-state index contributed by atoms with van der Waals surface area (Å²) in [5.41, 5.74) is 2.86. The standard InChI is InChI=1S/C28H30F2N4O2S/c1-16-7-5-6-8-21(16)34-27-24(26(32-34)28(2,3)4)25(19-12-9-17(29)13-20(19)30)37-15-23(36)33(27)14-22(35)31-18-10-11-18/h5-9,12-13,18,25H,10-11,14-15H2,1-4H3,(H,31,35). The van der Waals surface area contributed by atoms with Gasteiger partial charge in [-0.15, -0.1) is 11.8 Å². The predicted octanol–water partition coefficient (Wildman–Crippen LogP) is 5.20. The molecule has 1 saturated carbocycles. The Morgan fingerprint density at radius 2 is 1.89 bits per heavy atom. The van der Waals surface area contributed by atoms with Crippen LogP contribution in [0.15, 0.2) is 42.5 Å². The SMILES string of the molecule is Cc1ccccc1-n1nc(C(C)(C)C)c2c1N(CC(=O)NC1CC1)C(=O)CSC2c1ccc(F)cc1F. The third-order valence-corrected chi connectivity index (χ3v) is 7.87. The normalized spacial score (nSPS) is 17.9. The molecule has 6 nitrogen and oxygen atoms in total. The lowest BCUT2D eigenvalue weighted by molar-refractivity contribution is -0.123. The Morgan fingerprint density at radius 1 is 1.16 bits per heavy atom. The average Bonchev–Trinajstić information content (AvgIpc) is 3.56. The maximum Gasteiger partial charge on any atom is 0.240 e. The zero-order chi connectivity index (χ0) is 26.5. The molecule has 0 spiro atoms. The fourth-order valence-corrected chi connectivity index (χ4v) is 5.87. The van der Waals surface area contributed by atoms with Gasteiger partial charge in [0.2, 0.25) is 11.8 Å². The highest BCUT2D eigenvalue weighted by Crippen LogP contribution is 2.49. The van der Waals surface area contributed by atoms with Crippen molar-refractivity contribution in [1.29, 1.82) is 0 Å². The molecule has 1 aliphatic heterocycles. The third kappa shape index (κ3) is 5.01. The molecule has 1 unspecified atom stereocenters. The van der Waals surface area contributed by atoms with Crippen LogP contribution in [0.1, 0.15) is 61.2 Å². The molecule has 1 aliphatic carbocycles. The van der Waals surface area contributed by atoms with Gasteiger partial charge in [-0.3, -0.25) is 14.5 Å². The predicted molar refractivity (Wildman–Crippen MR) is 141 cm³/mol. The summed E-state index contributed by atoms with van der Waals surface area (Å²) >= 11 is 1.27. The van der Waals surface area contributed by atoms with Crippen molar-refractivity contribution in [3.8, 4) is 5.69 Å². The number of aryl methyl sites for hydroxylation is 1. The van der Waals surface area contributed by atoms with Crippen LogP contribution in [0.25, 0.3) is 5.69 Å². The average molecular weight is 525 g/mol. The Hall–Kier alpha value is -3.20. The molecule has 1 N–H and O–H groups in total. The largest absolute Gasteiger partial charge is 0.352 e. The van der Waals surface area contributed by atoms with Gasteiger partial charge < -0.3 is 5.32 Å². The molecular formula is C28H30F2N4O2S. The molecule has 2 amide bonds. The van der Waals surface area contributed by atoms with Gasteiger partial charge in [0.1, 0.15) is 24.0 Å². The van der Waals surface area contributed by atoms with Crippen LogP contribution in [0.5, 0.6) is 0 Å². The van der Waals surface area contributed by atoms with Crippen LogP contribution in [-0.2, 0) is 15.0 Å². The van der Waals surface area contributed by atoms with Gasteiger partial charge in [-0.25, -0.2) is 13.5 Å². The van der Waals surface area contributed by atoms with Crippen LogP contribution in [0.2, 0.25) is 0 Å². The van der Waals surface area contributed by atoms with Crippen molar-refractivity contribution < 1.29 is 18.4 Å². The monoisotopic (exact) mass is 524 g/mol. The van der Waals surface area contributed by atoms with Crippen LogP contribution < -0.4 is 10.2 Å². The van der Waals surface area contributed by atoms with E-state index in [-0.39, 0.29) is 35.7 Å². The van der Waals surface area contributed by atoms with E-state index in [9.17, 15) is 14.0 Å². The minimum atomic E-state index is -0.681. The number of para-hydroxylation sites is 1. The lowest BCUT2D eigenvalue weighted by Crippen LogP contribution is -2.43. The Morgan fingerprint density at radius 3 is 2.54 bits per heavy atom.